The van der Waals surface area contributed by atoms with Gasteiger partial charge in [0.05, 0.1) is 18.2 Å². The Balaban J connectivity index is 1.45. The van der Waals surface area contributed by atoms with Gasteiger partial charge in [0, 0.05) is 29.4 Å². The molecule has 0 spiro atoms. The molecule has 39 heavy (non-hydrogen) atoms. The Morgan fingerprint density at radius 2 is 1.62 bits per heavy atom. The molecule has 0 atom stereocenters. The molecule has 0 unspecified atom stereocenters. The molecule has 3 aromatic carbocycles. The van der Waals surface area contributed by atoms with Gasteiger partial charge < -0.3 is 25.7 Å². The van der Waals surface area contributed by atoms with E-state index in [1.807, 2.05) is 0 Å². The Morgan fingerprint density at radius 3 is 2.31 bits per heavy atom. The molecule has 0 aliphatic heterocycles. The molecule has 7 nitrogen and oxygen atoms in total. The normalized spacial score (nSPS) is 11.2. The Labute approximate surface area is 226 Å². The molecule has 0 fully saturated rings. The van der Waals surface area contributed by atoms with Gasteiger partial charge in [-0.3, -0.25) is 0 Å². The van der Waals surface area contributed by atoms with Crippen LogP contribution in [0.1, 0.15) is 48.8 Å². The topological polar surface area (TPSA) is 121 Å². The van der Waals surface area contributed by atoms with Gasteiger partial charge in [-0.15, -0.1) is 0 Å². The number of unbranched alkanes of at least 4 members (excludes halogenated alkanes) is 4. The number of nitrogens with two attached hydrogens (primary N) is 2. The van der Waals surface area contributed by atoms with E-state index in [9.17, 15) is 13.6 Å². The van der Waals surface area contributed by atoms with E-state index in [1.54, 1.807) is 30.3 Å². The molecule has 0 bridgehead atoms. The molecular formula is C30H31F2N3O4. The highest BCUT2D eigenvalue weighted by Crippen LogP contribution is 2.32. The lowest BCUT2D eigenvalue weighted by Gasteiger charge is -2.18. The first-order valence-corrected chi connectivity index (χ1v) is 12.5. The molecule has 4 N–H and O–H groups in total. The van der Waals surface area contributed by atoms with Gasteiger partial charge in [-0.05, 0) is 73.0 Å². The molecule has 0 saturated carbocycles. The van der Waals surface area contributed by atoms with Crippen molar-refractivity contribution in [3.8, 4) is 17.6 Å². The maximum Gasteiger partial charge on any atom is 0.426 e. The van der Waals surface area contributed by atoms with Crippen LogP contribution in [0, 0.1) is 11.3 Å². The van der Waals surface area contributed by atoms with Crippen molar-refractivity contribution in [2.24, 2.45) is 0 Å². The van der Waals surface area contributed by atoms with Crippen LogP contribution in [0.4, 0.5) is 20.2 Å². The largest absolute Gasteiger partial charge is 0.494 e. The molecule has 0 aliphatic carbocycles. The fourth-order valence-corrected chi connectivity index (χ4v) is 3.55. The number of ether oxygens (including phenoxy) is 3. The zero-order valence-corrected chi connectivity index (χ0v) is 21.4. The molecule has 9 heteroatoms. The highest BCUT2D eigenvalue weighted by atomic mass is 19.3. The Morgan fingerprint density at radius 1 is 0.923 bits per heavy atom. The van der Waals surface area contributed by atoms with Crippen LogP contribution in [0.5, 0.6) is 11.5 Å². The van der Waals surface area contributed by atoms with Crippen LogP contribution in [0.3, 0.4) is 0 Å². The minimum Gasteiger partial charge on any atom is -0.494 e. The Hall–Kier alpha value is -4.58. The van der Waals surface area contributed by atoms with Crippen LogP contribution in [0.2, 0.25) is 0 Å². The number of esters is 1. The molecule has 3 aromatic rings. The van der Waals surface area contributed by atoms with Gasteiger partial charge in [0.25, 0.3) is 0 Å². The van der Waals surface area contributed by atoms with E-state index in [0.717, 1.165) is 25.7 Å². The number of anilines is 2. The first kappa shape index (κ1) is 29.0. The number of nitrogen functional groups attached to an aromatic ring is 2. The molecule has 204 valence electrons. The maximum absolute atomic E-state index is 14.7. The average Bonchev–Trinajstić information content (AvgIpc) is 2.92. The van der Waals surface area contributed by atoms with Gasteiger partial charge in [0.2, 0.25) is 0 Å². The summed E-state index contributed by atoms with van der Waals surface area (Å²) in [5.74, 6) is -0.116. The lowest BCUT2D eigenvalue weighted by molar-refractivity contribution is -0.185. The van der Waals surface area contributed by atoms with E-state index in [1.165, 1.54) is 48.6 Å². The lowest BCUT2D eigenvalue weighted by Crippen LogP contribution is -2.21. The number of hydrogen-bond acceptors (Lipinski definition) is 7. The standard InChI is InChI=1S/C30H31F2N3O4/c31-30(32,24-10-15-26(16-11-24)37-19-5-3-1-2-4-18-33)39-27-13-6-22(7-14-27)8-17-29(36)38-21-23-9-12-25(34)20-28(23)35/h6-17,20H,1-5,19,21,34-35H2/b17-8+. The van der Waals surface area contributed by atoms with E-state index in [4.69, 9.17) is 30.9 Å². The van der Waals surface area contributed by atoms with Crippen LogP contribution in [0.25, 0.3) is 6.08 Å². The van der Waals surface area contributed by atoms with Crippen molar-refractivity contribution in [3.63, 3.8) is 0 Å². The van der Waals surface area contributed by atoms with Crippen LogP contribution < -0.4 is 20.9 Å². The van der Waals surface area contributed by atoms with E-state index in [2.05, 4.69) is 6.07 Å². The van der Waals surface area contributed by atoms with Crippen molar-refractivity contribution in [1.82, 2.24) is 0 Å². The number of nitriles is 1. The van der Waals surface area contributed by atoms with E-state index >= 15 is 0 Å². The van der Waals surface area contributed by atoms with E-state index < -0.39 is 12.1 Å². The predicted molar refractivity (Wildman–Crippen MR) is 146 cm³/mol. The number of benzene rings is 3. The minimum atomic E-state index is -3.55. The van der Waals surface area contributed by atoms with Crippen LogP contribution in [-0.4, -0.2) is 12.6 Å². The van der Waals surface area contributed by atoms with Crippen molar-refractivity contribution in [3.05, 3.63) is 89.5 Å². The van der Waals surface area contributed by atoms with Crippen molar-refractivity contribution in [1.29, 1.82) is 5.26 Å². The van der Waals surface area contributed by atoms with Gasteiger partial charge in [-0.1, -0.05) is 31.0 Å². The molecule has 0 aromatic heterocycles. The zero-order valence-electron chi connectivity index (χ0n) is 21.4. The fraction of sp³-hybridized carbons (Fsp3) is 0.267. The summed E-state index contributed by atoms with van der Waals surface area (Å²) in [5.41, 5.74) is 13.4. The van der Waals surface area contributed by atoms with Gasteiger partial charge in [0.15, 0.2) is 0 Å². The van der Waals surface area contributed by atoms with Crippen LogP contribution in [0.15, 0.2) is 72.8 Å². The Kier molecular flexibility index (Phi) is 10.7. The third kappa shape index (κ3) is 9.67. The van der Waals surface area contributed by atoms with Crippen LogP contribution >= 0.6 is 0 Å². The van der Waals surface area contributed by atoms with Crippen molar-refractivity contribution in [2.75, 3.05) is 18.1 Å². The molecule has 0 saturated heterocycles. The molecule has 0 heterocycles. The number of alkyl halides is 2. The van der Waals surface area contributed by atoms with E-state index in [-0.39, 0.29) is 17.9 Å². The quantitative estimate of drug-likeness (QED) is 0.103. The third-order valence-corrected chi connectivity index (χ3v) is 5.72. The highest BCUT2D eigenvalue weighted by Gasteiger charge is 2.34. The number of nitrogens with zero attached hydrogens (tertiary/aromatic N) is 1. The number of rotatable bonds is 14. The summed E-state index contributed by atoms with van der Waals surface area (Å²) in [6, 6.07) is 18.4. The maximum atomic E-state index is 14.7. The van der Waals surface area contributed by atoms with Gasteiger partial charge in [0.1, 0.15) is 18.1 Å². The smallest absolute Gasteiger partial charge is 0.426 e. The number of hydrogen-bond donors (Lipinski definition) is 2. The molecule has 0 aliphatic rings. The number of carbonyl (C=O) groups is 1. The summed E-state index contributed by atoms with van der Waals surface area (Å²) in [7, 11) is 0. The Bertz CT molecular complexity index is 1290. The lowest BCUT2D eigenvalue weighted by atomic mass is 10.1. The molecule has 0 amide bonds. The first-order valence-electron chi connectivity index (χ1n) is 12.5. The molecular weight excluding hydrogens is 504 g/mol. The molecule has 0 radical (unpaired) electrons. The SMILES string of the molecule is N#CCCCCCCOc1ccc(C(F)(F)Oc2ccc(/C=C/C(=O)OCc3ccc(N)cc3N)cc2)cc1. The van der Waals surface area contributed by atoms with Crippen molar-refractivity contribution in [2.45, 2.75) is 44.8 Å². The highest BCUT2D eigenvalue weighted by molar-refractivity contribution is 5.87. The predicted octanol–water partition coefficient (Wildman–Crippen LogP) is 6.59. The monoisotopic (exact) mass is 535 g/mol. The summed E-state index contributed by atoms with van der Waals surface area (Å²) in [6.45, 7) is 0.475. The van der Waals surface area contributed by atoms with Gasteiger partial charge >= 0.3 is 12.1 Å². The number of halogens is 2. The third-order valence-electron chi connectivity index (χ3n) is 5.72. The summed E-state index contributed by atoms with van der Waals surface area (Å²) in [5, 5.41) is 8.52. The van der Waals surface area contributed by atoms with Crippen molar-refractivity contribution < 1.29 is 27.8 Å². The van der Waals surface area contributed by atoms with E-state index in [0.29, 0.717) is 41.3 Å². The summed E-state index contributed by atoms with van der Waals surface area (Å²) in [6.07, 6.45) is 3.35. The van der Waals surface area contributed by atoms with Crippen LogP contribution in [-0.2, 0) is 22.2 Å². The van der Waals surface area contributed by atoms with Gasteiger partial charge in [-0.25, -0.2) is 4.79 Å². The second-order valence-electron chi connectivity index (χ2n) is 8.78. The summed E-state index contributed by atoms with van der Waals surface area (Å²) >= 11 is 0. The second-order valence-corrected chi connectivity index (χ2v) is 8.78. The number of carbonyl (C=O) groups excluding carboxylic acids is 1. The minimum absolute atomic E-state index is 0.00549. The van der Waals surface area contributed by atoms with Gasteiger partial charge in [-0.2, -0.15) is 14.0 Å². The second kappa shape index (κ2) is 14.4. The van der Waals surface area contributed by atoms with Crippen molar-refractivity contribution >= 4 is 23.4 Å². The average molecular weight is 536 g/mol. The first-order chi connectivity index (χ1) is 18.8. The fourth-order valence-electron chi connectivity index (χ4n) is 3.55. The summed E-state index contributed by atoms with van der Waals surface area (Å²) < 4.78 is 45.1. The summed E-state index contributed by atoms with van der Waals surface area (Å²) in [4.78, 5) is 12.0. The zero-order chi connectivity index (χ0) is 28.1. The molecule has 3 rings (SSSR count).